The molecule has 4 nitrogen and oxygen atoms in total. The molecule has 25 heavy (non-hydrogen) atoms. The molecule has 0 heterocycles. The molecule has 2 rings (SSSR count). The lowest BCUT2D eigenvalue weighted by atomic mass is 10.2. The molecule has 1 N–H and O–H groups in total. The van der Waals surface area contributed by atoms with E-state index < -0.39 is 6.10 Å². The van der Waals surface area contributed by atoms with Crippen LogP contribution in [0.25, 0.3) is 0 Å². The van der Waals surface area contributed by atoms with Crippen molar-refractivity contribution < 1.29 is 14.3 Å². The van der Waals surface area contributed by atoms with Crippen LogP contribution in [0.1, 0.15) is 38.3 Å². The number of carbonyl (C=O) groups excluding carboxylic acids is 1. The average molecular weight is 341 g/mol. The summed E-state index contributed by atoms with van der Waals surface area (Å²) in [6, 6.07) is 15.5. The summed E-state index contributed by atoms with van der Waals surface area (Å²) in [5.74, 6) is 1.45. The zero-order chi connectivity index (χ0) is 18.2. The maximum atomic E-state index is 12.4. The van der Waals surface area contributed by atoms with E-state index in [1.807, 2.05) is 76.2 Å². The van der Waals surface area contributed by atoms with Crippen LogP contribution in [0.4, 0.5) is 0 Å². The fraction of sp³-hybridized carbons (Fsp3) is 0.381. The number of nitrogens with one attached hydrogen (secondary N) is 1. The predicted molar refractivity (Wildman–Crippen MR) is 99.9 cm³/mol. The predicted octanol–water partition coefficient (Wildman–Crippen LogP) is 4.26. The molecule has 1 atom stereocenters. The minimum Gasteiger partial charge on any atom is -0.491 e. The van der Waals surface area contributed by atoms with Gasteiger partial charge in [-0.2, -0.15) is 0 Å². The average Bonchev–Trinajstić information content (AvgIpc) is 2.58. The topological polar surface area (TPSA) is 47.6 Å². The van der Waals surface area contributed by atoms with Gasteiger partial charge in [0.15, 0.2) is 6.10 Å². The van der Waals surface area contributed by atoms with Crippen molar-refractivity contribution in [1.29, 1.82) is 0 Å². The maximum Gasteiger partial charge on any atom is 0.261 e. The largest absolute Gasteiger partial charge is 0.491 e. The van der Waals surface area contributed by atoms with Gasteiger partial charge in [0.05, 0.1) is 6.10 Å². The summed E-state index contributed by atoms with van der Waals surface area (Å²) in [4.78, 5) is 12.4. The molecule has 0 unspecified atom stereocenters. The molecule has 1 amide bonds. The van der Waals surface area contributed by atoms with Gasteiger partial charge in [-0.3, -0.25) is 4.79 Å². The van der Waals surface area contributed by atoms with Crippen LogP contribution in [0, 0.1) is 6.92 Å². The number of hydrogen-bond acceptors (Lipinski definition) is 3. The van der Waals surface area contributed by atoms with Crippen molar-refractivity contribution in [2.45, 2.75) is 52.9 Å². The van der Waals surface area contributed by atoms with Crippen molar-refractivity contribution in [3.8, 4) is 11.5 Å². The van der Waals surface area contributed by atoms with Crippen LogP contribution < -0.4 is 14.8 Å². The lowest BCUT2D eigenvalue weighted by Crippen LogP contribution is -2.37. The van der Waals surface area contributed by atoms with Gasteiger partial charge in [-0.15, -0.1) is 0 Å². The first kappa shape index (κ1) is 18.8. The summed E-state index contributed by atoms with van der Waals surface area (Å²) in [7, 11) is 0. The van der Waals surface area contributed by atoms with Crippen LogP contribution >= 0.6 is 0 Å². The van der Waals surface area contributed by atoms with Gasteiger partial charge in [-0.1, -0.05) is 31.2 Å². The van der Waals surface area contributed by atoms with Crippen molar-refractivity contribution in [2.75, 3.05) is 0 Å². The van der Waals surface area contributed by atoms with Gasteiger partial charge in [0.25, 0.3) is 5.91 Å². The second-order valence-electron chi connectivity index (χ2n) is 6.36. The normalized spacial score (nSPS) is 11.9. The number of hydrogen-bond donors (Lipinski definition) is 1. The van der Waals surface area contributed by atoms with E-state index in [2.05, 4.69) is 5.32 Å². The fourth-order valence-electron chi connectivity index (χ4n) is 2.44. The van der Waals surface area contributed by atoms with E-state index >= 15 is 0 Å². The Bertz CT molecular complexity index is 680. The smallest absolute Gasteiger partial charge is 0.261 e. The minimum absolute atomic E-state index is 0.105. The van der Waals surface area contributed by atoms with E-state index in [4.69, 9.17) is 9.47 Å². The first-order chi connectivity index (χ1) is 12.0. The number of carbonyl (C=O) groups is 1. The summed E-state index contributed by atoms with van der Waals surface area (Å²) >= 11 is 0. The van der Waals surface area contributed by atoms with Gasteiger partial charge in [0.2, 0.25) is 0 Å². The zero-order valence-corrected chi connectivity index (χ0v) is 15.4. The molecule has 134 valence electrons. The molecular formula is C21H27NO3. The van der Waals surface area contributed by atoms with E-state index in [-0.39, 0.29) is 12.0 Å². The summed E-state index contributed by atoms with van der Waals surface area (Å²) in [6.45, 7) is 8.40. The van der Waals surface area contributed by atoms with Crippen LogP contribution in [0.3, 0.4) is 0 Å². The molecule has 2 aromatic carbocycles. The van der Waals surface area contributed by atoms with E-state index in [0.29, 0.717) is 13.0 Å². The molecule has 2 aromatic rings. The molecule has 0 spiro atoms. The van der Waals surface area contributed by atoms with Crippen LogP contribution in [-0.2, 0) is 11.3 Å². The van der Waals surface area contributed by atoms with Crippen LogP contribution in [-0.4, -0.2) is 18.1 Å². The number of rotatable bonds is 8. The number of amides is 1. The maximum absolute atomic E-state index is 12.4. The standard InChI is InChI=1S/C21H27NO3/c1-5-20(25-19-8-6-7-16(4)13-19)21(23)22-14-17-9-11-18(12-10-17)24-15(2)3/h6-13,15,20H,5,14H2,1-4H3,(H,22,23)/t20-/m1/s1. The molecule has 0 aliphatic heterocycles. The Morgan fingerprint density at radius 1 is 1.04 bits per heavy atom. The molecule has 0 saturated heterocycles. The third kappa shape index (κ3) is 6.14. The van der Waals surface area contributed by atoms with Gasteiger partial charge in [0.1, 0.15) is 11.5 Å². The summed E-state index contributed by atoms with van der Waals surface area (Å²) < 4.78 is 11.4. The highest BCUT2D eigenvalue weighted by atomic mass is 16.5. The summed E-state index contributed by atoms with van der Waals surface area (Å²) in [5.41, 5.74) is 2.13. The Hall–Kier alpha value is -2.49. The SMILES string of the molecule is CC[C@@H](Oc1cccc(C)c1)C(=O)NCc1ccc(OC(C)C)cc1. The highest BCUT2D eigenvalue weighted by molar-refractivity contribution is 5.81. The second-order valence-corrected chi connectivity index (χ2v) is 6.36. The van der Waals surface area contributed by atoms with E-state index in [1.165, 1.54) is 0 Å². The van der Waals surface area contributed by atoms with E-state index in [0.717, 1.165) is 22.6 Å². The third-order valence-corrected chi connectivity index (χ3v) is 3.69. The van der Waals surface area contributed by atoms with Crippen molar-refractivity contribution >= 4 is 5.91 Å². The Morgan fingerprint density at radius 2 is 1.76 bits per heavy atom. The molecule has 0 saturated carbocycles. The Balaban J connectivity index is 1.89. The van der Waals surface area contributed by atoms with Gasteiger partial charge < -0.3 is 14.8 Å². The van der Waals surface area contributed by atoms with Gasteiger partial charge in [-0.25, -0.2) is 0 Å². The molecule has 0 radical (unpaired) electrons. The summed E-state index contributed by atoms with van der Waals surface area (Å²) in [5, 5.41) is 2.94. The van der Waals surface area contributed by atoms with Crippen LogP contribution in [0.2, 0.25) is 0 Å². The first-order valence-electron chi connectivity index (χ1n) is 8.74. The van der Waals surface area contributed by atoms with Crippen molar-refractivity contribution in [2.24, 2.45) is 0 Å². The van der Waals surface area contributed by atoms with Crippen LogP contribution in [0.15, 0.2) is 48.5 Å². The van der Waals surface area contributed by atoms with Gasteiger partial charge in [0, 0.05) is 6.54 Å². The fourth-order valence-corrected chi connectivity index (χ4v) is 2.44. The highest BCUT2D eigenvalue weighted by Crippen LogP contribution is 2.16. The van der Waals surface area contributed by atoms with Gasteiger partial charge >= 0.3 is 0 Å². The second kappa shape index (κ2) is 9.11. The molecule has 0 aromatic heterocycles. The minimum atomic E-state index is -0.495. The quantitative estimate of drug-likeness (QED) is 0.780. The molecule has 0 aliphatic carbocycles. The number of benzene rings is 2. The van der Waals surface area contributed by atoms with Crippen molar-refractivity contribution in [1.82, 2.24) is 5.32 Å². The molecule has 0 bridgehead atoms. The van der Waals surface area contributed by atoms with Crippen molar-refractivity contribution in [3.05, 3.63) is 59.7 Å². The molecular weight excluding hydrogens is 314 g/mol. The Kier molecular flexibility index (Phi) is 6.87. The monoisotopic (exact) mass is 341 g/mol. The lowest BCUT2D eigenvalue weighted by Gasteiger charge is -2.17. The molecule has 0 fully saturated rings. The first-order valence-corrected chi connectivity index (χ1v) is 8.74. The third-order valence-electron chi connectivity index (χ3n) is 3.69. The van der Waals surface area contributed by atoms with Crippen LogP contribution in [0.5, 0.6) is 11.5 Å². The number of aryl methyl sites for hydroxylation is 1. The van der Waals surface area contributed by atoms with Gasteiger partial charge in [-0.05, 0) is 62.6 Å². The number of ether oxygens (including phenoxy) is 2. The van der Waals surface area contributed by atoms with Crippen molar-refractivity contribution in [3.63, 3.8) is 0 Å². The summed E-state index contributed by atoms with van der Waals surface area (Å²) in [6.07, 6.45) is 0.265. The Morgan fingerprint density at radius 3 is 2.36 bits per heavy atom. The Labute approximate surface area is 150 Å². The lowest BCUT2D eigenvalue weighted by molar-refractivity contribution is -0.128. The molecule has 0 aliphatic rings. The van der Waals surface area contributed by atoms with E-state index in [1.54, 1.807) is 0 Å². The van der Waals surface area contributed by atoms with E-state index in [9.17, 15) is 4.79 Å². The zero-order valence-electron chi connectivity index (χ0n) is 15.4. The highest BCUT2D eigenvalue weighted by Gasteiger charge is 2.18. The molecule has 4 heteroatoms.